The molecule has 1 heterocycles. The maximum atomic E-state index is 11.5. The zero-order valence-electron chi connectivity index (χ0n) is 8.41. The minimum atomic E-state index is -0.0386. The Morgan fingerprint density at radius 3 is 3.07 bits per heavy atom. The third-order valence-corrected chi connectivity index (χ3v) is 2.10. The van der Waals surface area contributed by atoms with Gasteiger partial charge in [0.05, 0.1) is 0 Å². The average Bonchev–Trinajstić information content (AvgIpc) is 2.39. The van der Waals surface area contributed by atoms with Gasteiger partial charge in [-0.2, -0.15) is 0 Å². The van der Waals surface area contributed by atoms with Crippen LogP contribution >= 0.6 is 0 Å². The Labute approximate surface area is 83.4 Å². The third kappa shape index (κ3) is 3.33. The predicted octanol–water partition coefficient (Wildman–Crippen LogP) is -0.629. The van der Waals surface area contributed by atoms with Gasteiger partial charge in [-0.05, 0) is 6.92 Å². The number of carbonyl (C=O) groups is 2. The van der Waals surface area contributed by atoms with Crippen molar-refractivity contribution < 1.29 is 14.3 Å². The number of nitrogens with zero attached hydrogens (tertiary/aromatic N) is 1. The van der Waals surface area contributed by atoms with E-state index in [-0.39, 0.29) is 18.4 Å². The minimum Gasteiger partial charge on any atom is -0.372 e. The van der Waals surface area contributed by atoms with E-state index in [9.17, 15) is 9.59 Å². The Hall–Kier alpha value is -1.10. The Morgan fingerprint density at radius 2 is 2.36 bits per heavy atom. The highest BCUT2D eigenvalue weighted by Gasteiger charge is 2.17. The quantitative estimate of drug-likeness (QED) is 0.660. The molecule has 1 aliphatic heterocycles. The van der Waals surface area contributed by atoms with Crippen LogP contribution in [-0.2, 0) is 14.3 Å². The van der Waals surface area contributed by atoms with E-state index in [0.29, 0.717) is 32.7 Å². The van der Waals surface area contributed by atoms with E-state index in [1.807, 2.05) is 6.92 Å². The van der Waals surface area contributed by atoms with Crippen LogP contribution in [0.5, 0.6) is 0 Å². The molecule has 0 aromatic carbocycles. The lowest BCUT2D eigenvalue weighted by atomic mass is 10.4. The van der Waals surface area contributed by atoms with Crippen molar-refractivity contribution in [2.45, 2.75) is 13.3 Å². The fourth-order valence-electron chi connectivity index (χ4n) is 1.30. The highest BCUT2D eigenvalue weighted by Crippen LogP contribution is 1.97. The largest absolute Gasteiger partial charge is 0.372 e. The molecule has 80 valence electrons. The number of hydrogen-bond donors (Lipinski definition) is 1. The van der Waals surface area contributed by atoms with Crippen molar-refractivity contribution in [3.05, 3.63) is 0 Å². The first kappa shape index (κ1) is 11.0. The van der Waals surface area contributed by atoms with E-state index in [1.54, 1.807) is 4.90 Å². The van der Waals surface area contributed by atoms with E-state index >= 15 is 0 Å². The molecule has 5 nitrogen and oxygen atoms in total. The molecule has 1 saturated heterocycles. The van der Waals surface area contributed by atoms with Crippen LogP contribution in [0.2, 0.25) is 0 Å². The molecule has 5 heteroatoms. The van der Waals surface area contributed by atoms with Crippen LogP contribution in [-0.4, -0.2) is 49.6 Å². The number of nitrogens with one attached hydrogen (secondary N) is 1. The van der Waals surface area contributed by atoms with Gasteiger partial charge >= 0.3 is 0 Å². The van der Waals surface area contributed by atoms with Crippen LogP contribution in [0.1, 0.15) is 13.3 Å². The molecule has 2 amide bonds. The number of carbonyl (C=O) groups excluding carboxylic acids is 2. The van der Waals surface area contributed by atoms with E-state index in [0.717, 1.165) is 0 Å². The average molecular weight is 200 g/mol. The van der Waals surface area contributed by atoms with Crippen LogP contribution in [0, 0.1) is 0 Å². The summed E-state index contributed by atoms with van der Waals surface area (Å²) >= 11 is 0. The second-order valence-corrected chi connectivity index (χ2v) is 3.12. The maximum Gasteiger partial charge on any atom is 0.248 e. The first-order valence-electron chi connectivity index (χ1n) is 4.86. The molecule has 0 aromatic heterocycles. The highest BCUT2D eigenvalue weighted by molar-refractivity contribution is 5.80. The second kappa shape index (κ2) is 5.59. The summed E-state index contributed by atoms with van der Waals surface area (Å²) in [5, 5.41) is 2.71. The Bertz CT molecular complexity index is 218. The third-order valence-electron chi connectivity index (χ3n) is 2.10. The van der Waals surface area contributed by atoms with E-state index in [4.69, 9.17) is 4.74 Å². The molecule has 0 aliphatic carbocycles. The fourth-order valence-corrected chi connectivity index (χ4v) is 1.30. The molecular weight excluding hydrogens is 184 g/mol. The lowest BCUT2D eigenvalue weighted by Crippen LogP contribution is -2.36. The maximum absolute atomic E-state index is 11.5. The van der Waals surface area contributed by atoms with Gasteiger partial charge in [0.1, 0.15) is 6.61 Å². The van der Waals surface area contributed by atoms with E-state index in [2.05, 4.69) is 5.32 Å². The normalized spacial score (nSPS) is 17.5. The number of rotatable bonds is 3. The summed E-state index contributed by atoms with van der Waals surface area (Å²) < 4.78 is 5.02. The van der Waals surface area contributed by atoms with E-state index < -0.39 is 0 Å². The molecule has 0 spiro atoms. The topological polar surface area (TPSA) is 58.6 Å². The van der Waals surface area contributed by atoms with Crippen LogP contribution in [0.15, 0.2) is 0 Å². The van der Waals surface area contributed by atoms with Gasteiger partial charge < -0.3 is 15.0 Å². The zero-order chi connectivity index (χ0) is 10.4. The highest BCUT2D eigenvalue weighted by atomic mass is 16.5. The minimum absolute atomic E-state index is 0.0108. The second-order valence-electron chi connectivity index (χ2n) is 3.12. The van der Waals surface area contributed by atoms with Crippen molar-refractivity contribution in [3.63, 3.8) is 0 Å². The van der Waals surface area contributed by atoms with Gasteiger partial charge in [0.25, 0.3) is 0 Å². The molecule has 1 N–H and O–H groups in total. The molecule has 0 atom stereocenters. The zero-order valence-corrected chi connectivity index (χ0v) is 8.41. The fraction of sp³-hybridized carbons (Fsp3) is 0.778. The number of amides is 2. The molecule has 0 radical (unpaired) electrons. The Balaban J connectivity index is 2.35. The van der Waals surface area contributed by atoms with Gasteiger partial charge in [-0.25, -0.2) is 0 Å². The Kier molecular flexibility index (Phi) is 4.39. The summed E-state index contributed by atoms with van der Waals surface area (Å²) in [6.45, 7) is 4.12. The van der Waals surface area contributed by atoms with Gasteiger partial charge in [0, 0.05) is 32.7 Å². The van der Waals surface area contributed by atoms with Crippen LogP contribution in [0.3, 0.4) is 0 Å². The summed E-state index contributed by atoms with van der Waals surface area (Å²) in [6, 6.07) is 0. The number of hydrogen-bond acceptors (Lipinski definition) is 3. The summed E-state index contributed by atoms with van der Waals surface area (Å²) in [5.74, 6) is -0.0277. The van der Waals surface area contributed by atoms with Gasteiger partial charge in [0.15, 0.2) is 0 Å². The SMILES string of the molecule is CCOCC(=O)N1CCNC(=O)CC1. The first-order valence-corrected chi connectivity index (χ1v) is 4.86. The van der Waals surface area contributed by atoms with Crippen LogP contribution in [0.4, 0.5) is 0 Å². The molecule has 0 saturated carbocycles. The summed E-state index contributed by atoms with van der Waals surface area (Å²) in [7, 11) is 0. The molecule has 1 fully saturated rings. The molecule has 1 rings (SSSR count). The lowest BCUT2D eigenvalue weighted by molar-refractivity contribution is -0.135. The van der Waals surface area contributed by atoms with Gasteiger partial charge in [-0.3, -0.25) is 9.59 Å². The molecule has 0 bridgehead atoms. The summed E-state index contributed by atoms with van der Waals surface area (Å²) in [6.07, 6.45) is 0.387. The smallest absolute Gasteiger partial charge is 0.248 e. The molecule has 14 heavy (non-hydrogen) atoms. The van der Waals surface area contributed by atoms with Crippen molar-refractivity contribution in [3.8, 4) is 0 Å². The first-order chi connectivity index (χ1) is 6.74. The van der Waals surface area contributed by atoms with Crippen molar-refractivity contribution in [1.29, 1.82) is 0 Å². The number of ether oxygens (including phenoxy) is 1. The standard InChI is InChI=1S/C9H16N2O3/c1-2-14-7-9(13)11-5-3-8(12)10-4-6-11/h2-7H2,1H3,(H,10,12). The lowest BCUT2D eigenvalue weighted by Gasteiger charge is -2.18. The van der Waals surface area contributed by atoms with E-state index in [1.165, 1.54) is 0 Å². The molecule has 0 unspecified atom stereocenters. The van der Waals surface area contributed by atoms with Gasteiger partial charge in [0.2, 0.25) is 11.8 Å². The Morgan fingerprint density at radius 1 is 1.57 bits per heavy atom. The predicted molar refractivity (Wildman–Crippen MR) is 50.7 cm³/mol. The molecule has 1 aliphatic rings. The van der Waals surface area contributed by atoms with Crippen molar-refractivity contribution >= 4 is 11.8 Å². The van der Waals surface area contributed by atoms with Crippen LogP contribution < -0.4 is 5.32 Å². The van der Waals surface area contributed by atoms with Crippen molar-refractivity contribution in [1.82, 2.24) is 10.2 Å². The molecule has 0 aromatic rings. The summed E-state index contributed by atoms with van der Waals surface area (Å²) in [5.41, 5.74) is 0. The van der Waals surface area contributed by atoms with Crippen molar-refractivity contribution in [2.75, 3.05) is 32.8 Å². The monoisotopic (exact) mass is 200 g/mol. The van der Waals surface area contributed by atoms with Crippen LogP contribution in [0.25, 0.3) is 0 Å². The van der Waals surface area contributed by atoms with Gasteiger partial charge in [-0.15, -0.1) is 0 Å². The molecular formula is C9H16N2O3. The summed E-state index contributed by atoms with van der Waals surface area (Å²) in [4.78, 5) is 24.1. The van der Waals surface area contributed by atoms with Crippen molar-refractivity contribution in [2.24, 2.45) is 0 Å². The van der Waals surface area contributed by atoms with Gasteiger partial charge in [-0.1, -0.05) is 0 Å².